The van der Waals surface area contributed by atoms with E-state index in [1.807, 2.05) is 29.2 Å². The first-order valence-corrected chi connectivity index (χ1v) is 16.0. The number of nitrogens with zero attached hydrogens (tertiary/aromatic N) is 2. The molecule has 3 aromatic carbocycles. The second-order valence-corrected chi connectivity index (χ2v) is 12.4. The number of halogens is 4. The molecule has 0 spiro atoms. The number of carbonyl (C=O) groups excluding carboxylic acids is 2. The van der Waals surface area contributed by atoms with E-state index in [4.69, 9.17) is 27.6 Å². The normalized spacial score (nSPS) is 13.9. The number of aryl methyl sites for hydroxylation is 1. The molecule has 1 aromatic heterocycles. The van der Waals surface area contributed by atoms with Gasteiger partial charge in [0.15, 0.2) is 5.76 Å². The number of amides is 3. The molecule has 1 fully saturated rings. The average Bonchev–Trinajstić information content (AvgIpc) is 3.53. The Hall–Kier alpha value is -3.12. The van der Waals surface area contributed by atoms with Crippen molar-refractivity contribution in [2.24, 2.45) is 0 Å². The van der Waals surface area contributed by atoms with Crippen LogP contribution in [-0.4, -0.2) is 60.6 Å². The minimum absolute atomic E-state index is 0. The lowest BCUT2D eigenvalue weighted by atomic mass is 10.1. The fraction of sp³-hybridized carbons (Fsp3) is 0.314. The van der Waals surface area contributed by atoms with Crippen LogP contribution < -0.4 is 34.6 Å². The monoisotopic (exact) mass is 778 g/mol. The van der Waals surface area contributed by atoms with Gasteiger partial charge in [0.1, 0.15) is 18.1 Å². The number of quaternary nitrogens is 1. The Morgan fingerprint density at radius 3 is 2.24 bits per heavy atom. The molecule has 0 radical (unpaired) electrons. The largest absolute Gasteiger partial charge is 1.00 e. The Kier molecular flexibility index (Phi) is 13.3. The molecule has 2 heterocycles. The van der Waals surface area contributed by atoms with Gasteiger partial charge in [-0.15, -0.1) is 0 Å². The predicted molar refractivity (Wildman–Crippen MR) is 175 cm³/mol. The van der Waals surface area contributed by atoms with Crippen LogP contribution >= 0.6 is 23.2 Å². The summed E-state index contributed by atoms with van der Waals surface area (Å²) in [6.07, 6.45) is 2.62. The molecule has 4 aromatic rings. The van der Waals surface area contributed by atoms with E-state index in [0.717, 1.165) is 54.6 Å². The van der Waals surface area contributed by atoms with Crippen molar-refractivity contribution in [3.05, 3.63) is 129 Å². The first-order chi connectivity index (χ1) is 21.8. The van der Waals surface area contributed by atoms with E-state index in [1.54, 1.807) is 24.3 Å². The average molecular weight is 780 g/mol. The van der Waals surface area contributed by atoms with Crippen molar-refractivity contribution in [3.63, 3.8) is 0 Å². The Bertz CT molecular complexity index is 1580. The van der Waals surface area contributed by atoms with E-state index in [2.05, 4.69) is 34.9 Å². The van der Waals surface area contributed by atoms with E-state index < -0.39 is 0 Å². The second-order valence-electron chi connectivity index (χ2n) is 11.6. The minimum atomic E-state index is -0.339. The summed E-state index contributed by atoms with van der Waals surface area (Å²) in [5, 5.41) is 6.85. The zero-order valence-corrected chi connectivity index (χ0v) is 29.2. The van der Waals surface area contributed by atoms with Gasteiger partial charge in [-0.2, -0.15) is 0 Å². The van der Waals surface area contributed by atoms with Gasteiger partial charge in [0.2, 0.25) is 0 Å². The molecular formula is C35H38Cl2FIN4O3. The zero-order chi connectivity index (χ0) is 31.6. The smallest absolute Gasteiger partial charge is 0.318 e. The highest BCUT2D eigenvalue weighted by atomic mass is 127. The summed E-state index contributed by atoms with van der Waals surface area (Å²) in [5.41, 5.74) is 3.39. The number of hydrogen-bond donors (Lipinski definition) is 2. The summed E-state index contributed by atoms with van der Waals surface area (Å²) >= 11 is 12.5. The Labute approximate surface area is 296 Å². The third-order valence-corrected chi connectivity index (χ3v) is 9.07. The van der Waals surface area contributed by atoms with Crippen LogP contribution in [0.1, 0.15) is 39.4 Å². The number of urea groups is 1. The topological polar surface area (TPSA) is 74.6 Å². The molecule has 7 nitrogen and oxygen atoms in total. The van der Waals surface area contributed by atoms with Gasteiger partial charge in [0.25, 0.3) is 5.91 Å². The van der Waals surface area contributed by atoms with Gasteiger partial charge >= 0.3 is 6.03 Å². The number of nitrogens with one attached hydrogen (secondary N) is 2. The van der Waals surface area contributed by atoms with E-state index in [1.165, 1.54) is 17.7 Å². The van der Waals surface area contributed by atoms with Crippen molar-refractivity contribution in [1.82, 2.24) is 15.5 Å². The van der Waals surface area contributed by atoms with E-state index in [0.29, 0.717) is 41.9 Å². The number of carbonyl (C=O) groups is 2. The highest BCUT2D eigenvalue weighted by molar-refractivity contribution is 6.42. The van der Waals surface area contributed by atoms with Crippen molar-refractivity contribution in [2.75, 3.05) is 39.3 Å². The van der Waals surface area contributed by atoms with Gasteiger partial charge in [-0.25, -0.2) is 9.18 Å². The van der Waals surface area contributed by atoms with Crippen LogP contribution in [0.15, 0.2) is 89.3 Å². The second kappa shape index (κ2) is 17.2. The van der Waals surface area contributed by atoms with Gasteiger partial charge in [-0.05, 0) is 60.4 Å². The van der Waals surface area contributed by atoms with Crippen LogP contribution in [-0.2, 0) is 25.9 Å². The van der Waals surface area contributed by atoms with Crippen molar-refractivity contribution in [1.29, 1.82) is 0 Å². The number of benzene rings is 3. The Balaban J connectivity index is 0.00000480. The van der Waals surface area contributed by atoms with Gasteiger partial charge < -0.3 is 48.4 Å². The molecule has 1 saturated heterocycles. The molecule has 3 amide bonds. The van der Waals surface area contributed by atoms with Gasteiger partial charge in [0.05, 0.1) is 49.3 Å². The van der Waals surface area contributed by atoms with Crippen LogP contribution in [0.3, 0.4) is 0 Å². The molecule has 0 bridgehead atoms. The fourth-order valence-corrected chi connectivity index (χ4v) is 6.09. The third kappa shape index (κ3) is 10.2. The lowest BCUT2D eigenvalue weighted by molar-refractivity contribution is -0.944. The Morgan fingerprint density at radius 2 is 1.52 bits per heavy atom. The predicted octanol–water partition coefficient (Wildman–Crippen LogP) is 3.88. The number of hydrogen-bond acceptors (Lipinski definition) is 3. The van der Waals surface area contributed by atoms with Crippen LogP contribution in [0.4, 0.5) is 9.18 Å². The molecule has 5 rings (SSSR count). The quantitative estimate of drug-likeness (QED) is 0.170. The number of rotatable bonds is 12. The van der Waals surface area contributed by atoms with Crippen LogP contribution in [0.2, 0.25) is 10.0 Å². The van der Waals surface area contributed by atoms with Gasteiger partial charge in [0, 0.05) is 18.5 Å². The molecule has 0 saturated carbocycles. The zero-order valence-electron chi connectivity index (χ0n) is 25.5. The maximum Gasteiger partial charge on any atom is 0.318 e. The molecule has 46 heavy (non-hydrogen) atoms. The summed E-state index contributed by atoms with van der Waals surface area (Å²) in [4.78, 5) is 27.4. The molecule has 0 atom stereocenters. The molecule has 1 aliphatic rings. The highest BCUT2D eigenvalue weighted by Gasteiger charge is 2.34. The van der Waals surface area contributed by atoms with Crippen LogP contribution in [0.5, 0.6) is 0 Å². The summed E-state index contributed by atoms with van der Waals surface area (Å²) < 4.78 is 19.6. The summed E-state index contributed by atoms with van der Waals surface area (Å²) in [7, 11) is 0. The van der Waals surface area contributed by atoms with Crippen molar-refractivity contribution >= 4 is 35.1 Å². The van der Waals surface area contributed by atoms with E-state index >= 15 is 0 Å². The van der Waals surface area contributed by atoms with E-state index in [9.17, 15) is 14.0 Å². The van der Waals surface area contributed by atoms with Crippen molar-refractivity contribution < 1.29 is 46.9 Å². The molecule has 0 unspecified atom stereocenters. The summed E-state index contributed by atoms with van der Waals surface area (Å²) in [6.45, 7) is 5.28. The molecule has 1 aliphatic heterocycles. The molecule has 2 N–H and O–H groups in total. The lowest BCUT2D eigenvalue weighted by Gasteiger charge is -2.45. The maximum atomic E-state index is 13.1. The lowest BCUT2D eigenvalue weighted by Crippen LogP contribution is -3.00. The first kappa shape index (κ1) is 35.7. The molecule has 0 aliphatic carbocycles. The number of furan rings is 1. The standard InChI is InChI=1S/C35H37Cl2FN4O3.HI/c36-31-14-10-28(23-32(31)37)25-42(20-4-7-26-5-2-1-3-6-26)21-18-41(19-22-42)35(44)40-24-30-13-15-33(45-30)34(43)39-17-16-27-8-11-29(38)12-9-27;/h1-3,5-6,8-15,23H,4,7,16-22,24-25H2,(H-,39,40,43,44);1H. The fourth-order valence-electron chi connectivity index (χ4n) is 5.77. The van der Waals surface area contributed by atoms with Crippen molar-refractivity contribution in [2.45, 2.75) is 32.4 Å². The molecule has 11 heteroatoms. The van der Waals surface area contributed by atoms with E-state index in [-0.39, 0.29) is 54.0 Å². The SMILES string of the molecule is O=C(NCCc1ccc(F)cc1)c1ccc(CNC(=O)N2CC[N+](CCCc3ccccc3)(Cc3ccc(Cl)c(Cl)c3)CC2)o1.[I-]. The third-order valence-electron chi connectivity index (χ3n) is 8.33. The van der Waals surface area contributed by atoms with Crippen LogP contribution in [0.25, 0.3) is 0 Å². The summed E-state index contributed by atoms with van der Waals surface area (Å²) in [6, 6.07) is 25.6. The summed E-state index contributed by atoms with van der Waals surface area (Å²) in [5.74, 6) is 0.0416. The first-order valence-electron chi connectivity index (χ1n) is 15.3. The van der Waals surface area contributed by atoms with Crippen LogP contribution in [0, 0.1) is 5.82 Å². The minimum Gasteiger partial charge on any atom is -1.00 e. The molecule has 244 valence electrons. The van der Waals surface area contributed by atoms with Gasteiger partial charge in [-0.1, -0.05) is 71.7 Å². The van der Waals surface area contributed by atoms with Gasteiger partial charge in [-0.3, -0.25) is 4.79 Å². The van der Waals surface area contributed by atoms with Crippen molar-refractivity contribution in [3.8, 4) is 0 Å². The highest BCUT2D eigenvalue weighted by Crippen LogP contribution is 2.26. The Morgan fingerprint density at radius 1 is 0.826 bits per heavy atom. The maximum absolute atomic E-state index is 13.1. The molecular weight excluding hydrogens is 741 g/mol. The number of piperazine rings is 1.